The third-order valence-electron chi connectivity index (χ3n) is 6.18. The van der Waals surface area contributed by atoms with E-state index in [2.05, 4.69) is 6.07 Å². The molecule has 1 unspecified atom stereocenters. The number of nitrogens with zero attached hydrogens (tertiary/aromatic N) is 1. The molecule has 0 aromatic heterocycles. The van der Waals surface area contributed by atoms with E-state index in [0.29, 0.717) is 42.4 Å². The lowest BCUT2D eigenvalue weighted by Crippen LogP contribution is -2.42. The molecule has 1 atom stereocenters. The van der Waals surface area contributed by atoms with Crippen LogP contribution in [0.15, 0.2) is 54.6 Å². The molecule has 0 saturated carbocycles. The Bertz CT molecular complexity index is 1170. The van der Waals surface area contributed by atoms with Crippen molar-refractivity contribution in [1.29, 1.82) is 0 Å². The molecular formula is C28H31NO5. The molecule has 4 rings (SSSR count). The van der Waals surface area contributed by atoms with E-state index in [1.54, 1.807) is 27.4 Å². The van der Waals surface area contributed by atoms with E-state index in [1.165, 1.54) is 0 Å². The molecule has 6 heteroatoms. The highest BCUT2D eigenvalue weighted by molar-refractivity contribution is 5.95. The molecule has 0 aliphatic carbocycles. The Morgan fingerprint density at radius 3 is 2.26 bits per heavy atom. The van der Waals surface area contributed by atoms with Gasteiger partial charge in [0.05, 0.1) is 27.4 Å². The number of ether oxygens (including phenoxy) is 4. The first-order chi connectivity index (χ1) is 16.4. The van der Waals surface area contributed by atoms with Crippen molar-refractivity contribution in [1.82, 2.24) is 4.90 Å². The lowest BCUT2D eigenvalue weighted by Gasteiger charge is -2.37. The molecule has 0 bridgehead atoms. The Morgan fingerprint density at radius 1 is 0.882 bits per heavy atom. The normalized spacial score (nSPS) is 14.9. The number of methoxy groups -OCH3 is 3. The van der Waals surface area contributed by atoms with Crippen LogP contribution in [0.25, 0.3) is 0 Å². The zero-order chi connectivity index (χ0) is 24.2. The van der Waals surface area contributed by atoms with Gasteiger partial charge in [0.25, 0.3) is 5.91 Å². The topological polar surface area (TPSA) is 57.2 Å². The maximum Gasteiger partial charge on any atom is 0.254 e. The summed E-state index contributed by atoms with van der Waals surface area (Å²) in [5.41, 5.74) is 4.98. The number of hydrogen-bond acceptors (Lipinski definition) is 5. The zero-order valence-corrected chi connectivity index (χ0v) is 20.4. The second kappa shape index (κ2) is 10.1. The van der Waals surface area contributed by atoms with Crippen molar-refractivity contribution >= 4 is 5.91 Å². The van der Waals surface area contributed by atoms with Gasteiger partial charge in [0.2, 0.25) is 0 Å². The Labute approximate surface area is 201 Å². The van der Waals surface area contributed by atoms with Gasteiger partial charge in [-0.2, -0.15) is 0 Å². The molecule has 6 nitrogen and oxygen atoms in total. The minimum atomic E-state index is -0.289. The predicted octanol–water partition coefficient (Wildman–Crippen LogP) is 5.15. The SMILES string of the molecule is COc1cccc(C(=O)N2CCc3cc(OC)c(OC)cc3C2COc2cc(C)cc(C)c2)c1. The van der Waals surface area contributed by atoms with Crippen LogP contribution in [0.5, 0.6) is 23.0 Å². The molecule has 0 N–H and O–H groups in total. The monoisotopic (exact) mass is 461 g/mol. The van der Waals surface area contributed by atoms with Crippen LogP contribution < -0.4 is 18.9 Å². The van der Waals surface area contributed by atoms with Gasteiger partial charge in [0.15, 0.2) is 11.5 Å². The highest BCUT2D eigenvalue weighted by Gasteiger charge is 2.33. The molecule has 34 heavy (non-hydrogen) atoms. The smallest absolute Gasteiger partial charge is 0.254 e. The molecule has 1 aliphatic heterocycles. The van der Waals surface area contributed by atoms with Crippen molar-refractivity contribution in [2.24, 2.45) is 0 Å². The third-order valence-corrected chi connectivity index (χ3v) is 6.18. The lowest BCUT2D eigenvalue weighted by molar-refractivity contribution is 0.0589. The van der Waals surface area contributed by atoms with Crippen LogP contribution in [0.2, 0.25) is 0 Å². The molecule has 1 aliphatic rings. The average molecular weight is 462 g/mol. The van der Waals surface area contributed by atoms with Gasteiger partial charge in [-0.1, -0.05) is 12.1 Å². The Hall–Kier alpha value is -3.67. The first-order valence-corrected chi connectivity index (χ1v) is 11.3. The summed E-state index contributed by atoms with van der Waals surface area (Å²) in [6, 6.07) is 17.1. The van der Waals surface area contributed by atoms with Crippen molar-refractivity contribution in [3.63, 3.8) is 0 Å². The predicted molar refractivity (Wildman–Crippen MR) is 131 cm³/mol. The van der Waals surface area contributed by atoms with Gasteiger partial charge in [-0.3, -0.25) is 4.79 Å². The summed E-state index contributed by atoms with van der Waals surface area (Å²) in [6.07, 6.45) is 0.714. The summed E-state index contributed by atoms with van der Waals surface area (Å²) in [7, 11) is 4.85. The van der Waals surface area contributed by atoms with E-state index in [4.69, 9.17) is 18.9 Å². The lowest BCUT2D eigenvalue weighted by atomic mass is 9.91. The minimum Gasteiger partial charge on any atom is -0.497 e. The van der Waals surface area contributed by atoms with Gasteiger partial charge in [-0.25, -0.2) is 0 Å². The number of benzene rings is 3. The average Bonchev–Trinajstić information content (AvgIpc) is 2.85. The van der Waals surface area contributed by atoms with Gasteiger partial charge >= 0.3 is 0 Å². The number of carbonyl (C=O) groups is 1. The van der Waals surface area contributed by atoms with Crippen molar-refractivity contribution in [2.45, 2.75) is 26.3 Å². The van der Waals surface area contributed by atoms with Gasteiger partial charge in [-0.05, 0) is 85.0 Å². The van der Waals surface area contributed by atoms with E-state index in [9.17, 15) is 4.79 Å². The summed E-state index contributed by atoms with van der Waals surface area (Å²) in [5, 5.41) is 0. The summed E-state index contributed by atoms with van der Waals surface area (Å²) in [6.45, 7) is 4.98. The van der Waals surface area contributed by atoms with E-state index >= 15 is 0 Å². The molecule has 3 aromatic rings. The van der Waals surface area contributed by atoms with Crippen molar-refractivity contribution in [3.05, 3.63) is 82.4 Å². The van der Waals surface area contributed by atoms with Crippen LogP contribution >= 0.6 is 0 Å². The Morgan fingerprint density at radius 2 is 1.59 bits per heavy atom. The second-order valence-electron chi connectivity index (χ2n) is 8.54. The number of rotatable bonds is 7. The van der Waals surface area contributed by atoms with Crippen LogP contribution in [0, 0.1) is 13.8 Å². The Balaban J connectivity index is 1.72. The van der Waals surface area contributed by atoms with Crippen LogP contribution in [0.4, 0.5) is 0 Å². The van der Waals surface area contributed by atoms with Crippen molar-refractivity contribution in [3.8, 4) is 23.0 Å². The fraction of sp³-hybridized carbons (Fsp3) is 0.321. The van der Waals surface area contributed by atoms with Crippen LogP contribution in [-0.2, 0) is 6.42 Å². The molecule has 1 heterocycles. The summed E-state index contributed by atoms with van der Waals surface area (Å²) in [5.74, 6) is 2.70. The van der Waals surface area contributed by atoms with Gasteiger partial charge in [0.1, 0.15) is 18.1 Å². The van der Waals surface area contributed by atoms with Crippen molar-refractivity contribution in [2.75, 3.05) is 34.5 Å². The first-order valence-electron chi connectivity index (χ1n) is 11.3. The Kier molecular flexibility index (Phi) is 6.96. The third kappa shape index (κ3) is 4.81. The highest BCUT2D eigenvalue weighted by atomic mass is 16.5. The molecule has 0 spiro atoms. The quantitative estimate of drug-likeness (QED) is 0.487. The van der Waals surface area contributed by atoms with E-state index < -0.39 is 0 Å². The second-order valence-corrected chi connectivity index (χ2v) is 8.54. The molecule has 0 fully saturated rings. The zero-order valence-electron chi connectivity index (χ0n) is 20.4. The van der Waals surface area contributed by atoms with Crippen LogP contribution in [0.1, 0.15) is 38.7 Å². The maximum absolute atomic E-state index is 13.6. The number of carbonyl (C=O) groups excluding carboxylic acids is 1. The standard InChI is InChI=1S/C28H31NO5/c1-18-11-19(2)13-23(12-18)34-17-25-24-16-27(33-5)26(32-4)15-20(24)9-10-29(25)28(30)21-7-6-8-22(14-21)31-3/h6-8,11-16,25H,9-10,17H2,1-5H3. The molecule has 178 valence electrons. The first kappa shape index (κ1) is 23.5. The molecule has 1 amide bonds. The number of amides is 1. The van der Waals surface area contributed by atoms with E-state index in [0.717, 1.165) is 28.0 Å². The molecule has 0 saturated heterocycles. The fourth-order valence-corrected chi connectivity index (χ4v) is 4.56. The molecular weight excluding hydrogens is 430 g/mol. The highest BCUT2D eigenvalue weighted by Crippen LogP contribution is 2.39. The van der Waals surface area contributed by atoms with Gasteiger partial charge < -0.3 is 23.8 Å². The fourth-order valence-electron chi connectivity index (χ4n) is 4.56. The van der Waals surface area contributed by atoms with Crippen molar-refractivity contribution < 1.29 is 23.7 Å². The number of fused-ring (bicyclic) bond motifs is 1. The molecule has 3 aromatic carbocycles. The van der Waals surface area contributed by atoms with Gasteiger partial charge in [-0.15, -0.1) is 0 Å². The van der Waals surface area contributed by atoms with Crippen LogP contribution in [0.3, 0.4) is 0 Å². The summed E-state index contributed by atoms with van der Waals surface area (Å²) in [4.78, 5) is 15.5. The van der Waals surface area contributed by atoms with E-state index in [1.807, 2.05) is 61.2 Å². The number of hydrogen-bond donors (Lipinski definition) is 0. The maximum atomic E-state index is 13.6. The summed E-state index contributed by atoms with van der Waals surface area (Å²) >= 11 is 0. The van der Waals surface area contributed by atoms with Crippen LogP contribution in [-0.4, -0.2) is 45.3 Å². The minimum absolute atomic E-state index is 0.0617. The molecule has 0 radical (unpaired) electrons. The van der Waals surface area contributed by atoms with E-state index in [-0.39, 0.29) is 11.9 Å². The number of aryl methyl sites for hydroxylation is 2. The summed E-state index contributed by atoms with van der Waals surface area (Å²) < 4.78 is 22.7. The van der Waals surface area contributed by atoms with Gasteiger partial charge in [0, 0.05) is 12.1 Å². The largest absolute Gasteiger partial charge is 0.497 e.